The topological polar surface area (TPSA) is 69.9 Å². The zero-order chi connectivity index (χ0) is 24.1. The Bertz CT molecular complexity index is 405. The summed E-state index contributed by atoms with van der Waals surface area (Å²) in [5.41, 5.74) is 0. The summed E-state index contributed by atoms with van der Waals surface area (Å²) in [5.74, 6) is 0. The Morgan fingerprint density at radius 2 is 1.03 bits per heavy atom. The number of hydrogen-bond acceptors (Lipinski definition) is 4. The van der Waals surface area contributed by atoms with Crippen molar-refractivity contribution in [2.24, 2.45) is 0 Å². The third-order valence-electron chi connectivity index (χ3n) is 6.44. The summed E-state index contributed by atoms with van der Waals surface area (Å²) < 4.78 is 6.01. The molecular formula is C26H58NO4Si+. The largest absolute Gasteiger partial charge is 0.495 e. The summed E-state index contributed by atoms with van der Waals surface area (Å²) in [5, 5.41) is 9.21. The van der Waals surface area contributed by atoms with E-state index in [9.17, 15) is 14.7 Å². The Morgan fingerprint density at radius 1 is 0.656 bits per heavy atom. The number of nitrogens with zero attached hydrogens (tertiary/aromatic N) is 1. The van der Waals surface area contributed by atoms with Crippen molar-refractivity contribution in [3.8, 4) is 0 Å². The number of aliphatic hydroxyl groups is 1. The molecule has 6 heteroatoms. The standard InChI is InChI=1S/C26H58NO4Si/c1-5-6-7-8-9-10-11-12-13-14-15-16-17-18-19-20-22-27(3,4)23-21-24-32(29,30)31-25-26(2)28/h26,28-30H,5-25H2,1-4H3/q+1. The molecule has 0 aromatic carbocycles. The van der Waals surface area contributed by atoms with Crippen LogP contribution in [0, 0.1) is 0 Å². The van der Waals surface area contributed by atoms with Gasteiger partial charge in [-0.3, -0.25) is 0 Å². The van der Waals surface area contributed by atoms with E-state index in [1.165, 1.54) is 103 Å². The van der Waals surface area contributed by atoms with Gasteiger partial charge in [-0.05, 0) is 19.8 Å². The highest BCUT2D eigenvalue weighted by Crippen LogP contribution is 2.15. The number of hydrogen-bond donors (Lipinski definition) is 3. The summed E-state index contributed by atoms with van der Waals surface area (Å²) >= 11 is 0. The van der Waals surface area contributed by atoms with E-state index in [1.54, 1.807) is 6.92 Å². The zero-order valence-corrected chi connectivity index (χ0v) is 23.1. The summed E-state index contributed by atoms with van der Waals surface area (Å²) in [6.45, 7) is 5.93. The van der Waals surface area contributed by atoms with Crippen LogP contribution < -0.4 is 0 Å². The van der Waals surface area contributed by atoms with Gasteiger partial charge in [0.1, 0.15) is 0 Å². The molecule has 1 atom stereocenters. The molecule has 0 rings (SSSR count). The molecule has 0 bridgehead atoms. The third-order valence-corrected chi connectivity index (χ3v) is 8.07. The number of aliphatic hydroxyl groups excluding tert-OH is 1. The quantitative estimate of drug-likeness (QED) is 0.0903. The summed E-state index contributed by atoms with van der Waals surface area (Å²) in [4.78, 5) is 19.9. The highest BCUT2D eigenvalue weighted by Gasteiger charge is 2.33. The molecule has 0 fully saturated rings. The van der Waals surface area contributed by atoms with Gasteiger partial charge in [0, 0.05) is 12.5 Å². The minimum Gasteiger partial charge on any atom is -0.391 e. The van der Waals surface area contributed by atoms with Crippen LogP contribution in [0.1, 0.15) is 123 Å². The zero-order valence-electron chi connectivity index (χ0n) is 22.1. The Balaban J connectivity index is 3.46. The predicted molar refractivity (Wildman–Crippen MR) is 139 cm³/mol. The first-order chi connectivity index (χ1) is 15.2. The lowest BCUT2D eigenvalue weighted by molar-refractivity contribution is -0.890. The minimum absolute atomic E-state index is 0.00331. The molecule has 32 heavy (non-hydrogen) atoms. The highest BCUT2D eigenvalue weighted by atomic mass is 28.4. The van der Waals surface area contributed by atoms with E-state index < -0.39 is 14.9 Å². The van der Waals surface area contributed by atoms with Gasteiger partial charge in [0.2, 0.25) is 0 Å². The number of rotatable bonds is 24. The molecular weight excluding hydrogens is 418 g/mol. The average Bonchev–Trinajstić information content (AvgIpc) is 2.71. The van der Waals surface area contributed by atoms with Gasteiger partial charge in [0.15, 0.2) is 0 Å². The van der Waals surface area contributed by atoms with Crippen molar-refractivity contribution in [2.75, 3.05) is 33.8 Å². The van der Waals surface area contributed by atoms with Crippen LogP contribution in [0.5, 0.6) is 0 Å². The van der Waals surface area contributed by atoms with Gasteiger partial charge in [-0.1, -0.05) is 96.8 Å². The van der Waals surface area contributed by atoms with E-state index in [4.69, 9.17) is 4.43 Å². The molecule has 0 amide bonds. The minimum atomic E-state index is -3.61. The fourth-order valence-corrected chi connectivity index (χ4v) is 5.53. The summed E-state index contributed by atoms with van der Waals surface area (Å²) in [6, 6.07) is 0.306. The smallest absolute Gasteiger partial charge is 0.391 e. The summed E-state index contributed by atoms with van der Waals surface area (Å²) in [7, 11) is 0.832. The molecule has 0 aliphatic rings. The lowest BCUT2D eigenvalue weighted by atomic mass is 10.0. The second-order valence-corrected chi connectivity index (χ2v) is 13.0. The monoisotopic (exact) mass is 476 g/mol. The second kappa shape index (κ2) is 20.4. The van der Waals surface area contributed by atoms with E-state index in [2.05, 4.69) is 21.0 Å². The van der Waals surface area contributed by atoms with Crippen LogP contribution in [0.4, 0.5) is 0 Å². The van der Waals surface area contributed by atoms with Gasteiger partial charge < -0.3 is 23.6 Å². The predicted octanol–water partition coefficient (Wildman–Crippen LogP) is 6.04. The SMILES string of the molecule is CCCCCCCCCCCCCCCCCC[N+](C)(C)CCC[Si](O)(O)OCC(C)O. The second-order valence-electron chi connectivity index (χ2n) is 10.7. The maximum absolute atomic E-state index is 9.94. The third kappa shape index (κ3) is 23.2. The molecule has 0 aliphatic carbocycles. The van der Waals surface area contributed by atoms with Crippen LogP contribution in [-0.2, 0) is 4.43 Å². The van der Waals surface area contributed by atoms with Crippen molar-refractivity contribution in [2.45, 2.75) is 135 Å². The first-order valence-corrected chi connectivity index (χ1v) is 15.8. The van der Waals surface area contributed by atoms with E-state index in [1.807, 2.05) is 0 Å². The Kier molecular flexibility index (Phi) is 20.4. The molecule has 0 radical (unpaired) electrons. The van der Waals surface area contributed by atoms with E-state index in [0.29, 0.717) is 6.04 Å². The fourth-order valence-electron chi connectivity index (χ4n) is 4.26. The molecule has 0 aliphatic heterocycles. The maximum atomic E-state index is 9.94. The number of unbranched alkanes of at least 4 members (excludes halogenated alkanes) is 15. The number of quaternary nitrogens is 1. The van der Waals surface area contributed by atoms with Crippen molar-refractivity contribution in [3.05, 3.63) is 0 Å². The lowest BCUT2D eigenvalue weighted by Gasteiger charge is -2.30. The molecule has 0 saturated carbocycles. The van der Waals surface area contributed by atoms with Crippen LogP contribution in [-0.4, -0.2) is 67.9 Å². The van der Waals surface area contributed by atoms with E-state index in [0.717, 1.165) is 24.0 Å². The van der Waals surface area contributed by atoms with Gasteiger partial charge in [-0.2, -0.15) is 0 Å². The van der Waals surface area contributed by atoms with Crippen molar-refractivity contribution >= 4 is 8.80 Å². The maximum Gasteiger partial charge on any atom is 0.495 e. The molecule has 5 nitrogen and oxygen atoms in total. The molecule has 194 valence electrons. The van der Waals surface area contributed by atoms with Gasteiger partial charge in [0.25, 0.3) is 0 Å². The Labute approximate surface area is 201 Å². The van der Waals surface area contributed by atoms with Gasteiger partial charge in [-0.25, -0.2) is 0 Å². The van der Waals surface area contributed by atoms with Crippen molar-refractivity contribution in [3.63, 3.8) is 0 Å². The van der Waals surface area contributed by atoms with E-state index >= 15 is 0 Å². The van der Waals surface area contributed by atoms with Crippen LogP contribution in [0.25, 0.3) is 0 Å². The molecule has 1 unspecified atom stereocenters. The van der Waals surface area contributed by atoms with Crippen molar-refractivity contribution in [1.82, 2.24) is 0 Å². The molecule has 0 spiro atoms. The fraction of sp³-hybridized carbons (Fsp3) is 1.00. The Morgan fingerprint density at radius 3 is 1.44 bits per heavy atom. The van der Waals surface area contributed by atoms with Crippen LogP contribution >= 0.6 is 0 Å². The van der Waals surface area contributed by atoms with Gasteiger partial charge >= 0.3 is 8.80 Å². The molecule has 0 heterocycles. The lowest BCUT2D eigenvalue weighted by Crippen LogP contribution is -2.44. The highest BCUT2D eigenvalue weighted by molar-refractivity contribution is 6.57. The van der Waals surface area contributed by atoms with Crippen LogP contribution in [0.2, 0.25) is 6.04 Å². The van der Waals surface area contributed by atoms with Crippen molar-refractivity contribution < 1.29 is 23.6 Å². The normalized spacial score (nSPS) is 13.6. The van der Waals surface area contributed by atoms with Crippen LogP contribution in [0.15, 0.2) is 0 Å². The molecule has 3 N–H and O–H groups in total. The average molecular weight is 477 g/mol. The van der Waals surface area contributed by atoms with Gasteiger partial charge in [-0.15, -0.1) is 0 Å². The first-order valence-electron chi connectivity index (χ1n) is 13.8. The van der Waals surface area contributed by atoms with Gasteiger partial charge in [0.05, 0.1) is 39.9 Å². The Hall–Kier alpha value is 0.0169. The van der Waals surface area contributed by atoms with Crippen molar-refractivity contribution in [1.29, 1.82) is 0 Å². The van der Waals surface area contributed by atoms with E-state index in [-0.39, 0.29) is 6.61 Å². The molecule has 0 aromatic rings. The van der Waals surface area contributed by atoms with Crippen LogP contribution in [0.3, 0.4) is 0 Å². The summed E-state index contributed by atoms with van der Waals surface area (Å²) in [6.07, 6.45) is 22.4. The molecule has 0 saturated heterocycles. The first kappa shape index (κ1) is 32.0. The molecule has 0 aromatic heterocycles.